The highest BCUT2D eigenvalue weighted by Crippen LogP contribution is 2.22. The number of anilines is 1. The number of hydrazine groups is 1. The molecule has 3 amide bonds. The maximum absolute atomic E-state index is 12.0. The molecule has 0 aromatic heterocycles. The molecule has 2 rings (SSSR count). The largest absolute Gasteiger partial charge is 0.483 e. The molecule has 2 aromatic rings. The van der Waals surface area contributed by atoms with Gasteiger partial charge in [-0.3, -0.25) is 25.2 Å². The average molecular weight is 397 g/mol. The van der Waals surface area contributed by atoms with E-state index in [9.17, 15) is 14.4 Å². The predicted molar refractivity (Wildman–Crippen MR) is 111 cm³/mol. The zero-order valence-corrected chi connectivity index (χ0v) is 17.2. The molecule has 0 aliphatic carbocycles. The van der Waals surface area contributed by atoms with Gasteiger partial charge >= 0.3 is 0 Å². The van der Waals surface area contributed by atoms with Crippen LogP contribution in [0.25, 0.3) is 0 Å². The Morgan fingerprint density at radius 3 is 2.03 bits per heavy atom. The molecule has 0 aliphatic heterocycles. The average Bonchev–Trinajstić information content (AvgIpc) is 2.67. The molecule has 0 fully saturated rings. The minimum Gasteiger partial charge on any atom is -0.483 e. The van der Waals surface area contributed by atoms with Gasteiger partial charge in [0.05, 0.1) is 0 Å². The summed E-state index contributed by atoms with van der Waals surface area (Å²) in [6.07, 6.45) is -0.0394. The molecule has 0 aliphatic rings. The summed E-state index contributed by atoms with van der Waals surface area (Å²) in [7, 11) is 0. The highest BCUT2D eigenvalue weighted by molar-refractivity contribution is 5.93. The second-order valence-corrected chi connectivity index (χ2v) is 6.95. The molecule has 0 radical (unpaired) electrons. The van der Waals surface area contributed by atoms with Crippen molar-refractivity contribution in [1.29, 1.82) is 0 Å². The molecule has 0 spiro atoms. The van der Waals surface area contributed by atoms with Crippen molar-refractivity contribution in [2.24, 2.45) is 0 Å². The van der Waals surface area contributed by atoms with Crippen molar-refractivity contribution in [1.82, 2.24) is 10.9 Å². The highest BCUT2D eigenvalue weighted by Gasteiger charge is 2.10. The fourth-order valence-electron chi connectivity index (χ4n) is 2.67. The molecule has 7 heteroatoms. The molecular weight excluding hydrogens is 370 g/mol. The Morgan fingerprint density at radius 2 is 1.38 bits per heavy atom. The summed E-state index contributed by atoms with van der Waals surface area (Å²) in [5, 5.41) is 2.75. The lowest BCUT2D eigenvalue weighted by Gasteiger charge is -2.12. The lowest BCUT2D eigenvalue weighted by Crippen LogP contribution is -2.44. The maximum Gasteiger partial charge on any atom is 0.276 e. The van der Waals surface area contributed by atoms with Gasteiger partial charge in [0, 0.05) is 18.5 Å². The van der Waals surface area contributed by atoms with Gasteiger partial charge in [0.1, 0.15) is 5.75 Å². The van der Waals surface area contributed by atoms with Crippen LogP contribution in [-0.4, -0.2) is 24.3 Å². The minimum atomic E-state index is -0.486. The number of para-hydroxylation sites is 1. The van der Waals surface area contributed by atoms with Crippen molar-refractivity contribution in [2.45, 2.75) is 40.5 Å². The first kappa shape index (κ1) is 21.9. The van der Waals surface area contributed by atoms with Crippen LogP contribution in [-0.2, 0) is 14.4 Å². The summed E-state index contributed by atoms with van der Waals surface area (Å²) in [5.41, 5.74) is 9.33. The van der Waals surface area contributed by atoms with E-state index in [1.165, 1.54) is 0 Å². The van der Waals surface area contributed by atoms with Gasteiger partial charge in [-0.15, -0.1) is 0 Å². The van der Waals surface area contributed by atoms with Crippen molar-refractivity contribution in [3.8, 4) is 5.75 Å². The van der Waals surface area contributed by atoms with Gasteiger partial charge in [-0.25, -0.2) is 0 Å². The van der Waals surface area contributed by atoms with Crippen LogP contribution >= 0.6 is 0 Å². The molecule has 0 unspecified atom stereocenters. The first-order valence-corrected chi connectivity index (χ1v) is 9.40. The lowest BCUT2D eigenvalue weighted by molar-refractivity contribution is -0.130. The van der Waals surface area contributed by atoms with Crippen molar-refractivity contribution in [3.63, 3.8) is 0 Å². The predicted octanol–water partition coefficient (Wildman–Crippen LogP) is 2.87. The Hall–Kier alpha value is -3.35. The zero-order chi connectivity index (χ0) is 21.4. The summed E-state index contributed by atoms with van der Waals surface area (Å²) in [4.78, 5) is 35.7. The Morgan fingerprint density at radius 1 is 0.759 bits per heavy atom. The Labute approximate surface area is 170 Å². The van der Waals surface area contributed by atoms with Crippen LogP contribution in [0.2, 0.25) is 0 Å². The molecule has 2 aromatic carbocycles. The second kappa shape index (κ2) is 10.3. The molecule has 7 nitrogen and oxygen atoms in total. The van der Waals surface area contributed by atoms with Crippen molar-refractivity contribution >= 4 is 23.4 Å². The number of carbonyl (C=O) groups excluding carboxylic acids is 3. The summed E-state index contributed by atoms with van der Waals surface area (Å²) < 4.78 is 5.52. The normalized spacial score (nSPS) is 10.2. The topological polar surface area (TPSA) is 96.5 Å². The number of nitrogens with one attached hydrogen (secondary N) is 3. The summed E-state index contributed by atoms with van der Waals surface area (Å²) >= 11 is 0. The van der Waals surface area contributed by atoms with Crippen molar-refractivity contribution in [2.75, 3.05) is 11.9 Å². The van der Waals surface area contributed by atoms with E-state index in [0.717, 1.165) is 22.3 Å². The van der Waals surface area contributed by atoms with Gasteiger partial charge in [-0.05, 0) is 62.1 Å². The lowest BCUT2D eigenvalue weighted by atomic mass is 10.1. The molecular formula is C22H27N3O4. The van der Waals surface area contributed by atoms with Gasteiger partial charge in [-0.1, -0.05) is 24.3 Å². The van der Waals surface area contributed by atoms with Gasteiger partial charge < -0.3 is 10.1 Å². The number of benzene rings is 2. The third-order valence-electron chi connectivity index (χ3n) is 4.47. The van der Waals surface area contributed by atoms with Gasteiger partial charge in [0.2, 0.25) is 11.8 Å². The van der Waals surface area contributed by atoms with E-state index < -0.39 is 11.8 Å². The van der Waals surface area contributed by atoms with Crippen LogP contribution in [0, 0.1) is 27.7 Å². The number of aryl methyl sites for hydroxylation is 4. The van der Waals surface area contributed by atoms with E-state index in [-0.39, 0.29) is 25.4 Å². The van der Waals surface area contributed by atoms with E-state index in [1.54, 1.807) is 0 Å². The third-order valence-corrected chi connectivity index (χ3v) is 4.47. The number of hydrogen-bond acceptors (Lipinski definition) is 4. The highest BCUT2D eigenvalue weighted by atomic mass is 16.5. The van der Waals surface area contributed by atoms with Gasteiger partial charge in [-0.2, -0.15) is 0 Å². The second-order valence-electron chi connectivity index (χ2n) is 6.95. The molecule has 0 saturated heterocycles. The number of carbonyl (C=O) groups is 3. The van der Waals surface area contributed by atoms with Crippen LogP contribution in [0.4, 0.5) is 5.69 Å². The summed E-state index contributed by atoms with van der Waals surface area (Å²) in [5.74, 6) is -0.564. The molecule has 0 bridgehead atoms. The van der Waals surface area contributed by atoms with Crippen molar-refractivity contribution < 1.29 is 19.1 Å². The van der Waals surface area contributed by atoms with Crippen molar-refractivity contribution in [3.05, 3.63) is 58.7 Å². The summed E-state index contributed by atoms with van der Waals surface area (Å²) in [6.45, 7) is 7.52. The van der Waals surface area contributed by atoms with Crippen LogP contribution in [0.15, 0.2) is 36.4 Å². The quantitative estimate of drug-likeness (QED) is 0.626. The van der Waals surface area contributed by atoms with E-state index in [1.807, 2.05) is 64.1 Å². The monoisotopic (exact) mass is 397 g/mol. The fraction of sp³-hybridized carbons (Fsp3) is 0.318. The third kappa shape index (κ3) is 6.95. The Kier molecular flexibility index (Phi) is 7.77. The van der Waals surface area contributed by atoms with E-state index in [4.69, 9.17) is 4.74 Å². The summed E-state index contributed by atoms with van der Waals surface area (Å²) in [6, 6.07) is 11.3. The van der Waals surface area contributed by atoms with Gasteiger partial charge in [0.25, 0.3) is 5.91 Å². The van der Waals surface area contributed by atoms with Crippen LogP contribution in [0.5, 0.6) is 5.75 Å². The molecule has 0 atom stereocenters. The maximum atomic E-state index is 12.0. The van der Waals surface area contributed by atoms with E-state index in [0.29, 0.717) is 11.4 Å². The van der Waals surface area contributed by atoms with Gasteiger partial charge in [0.15, 0.2) is 6.61 Å². The number of amides is 3. The molecule has 0 heterocycles. The number of hydrogen-bond donors (Lipinski definition) is 3. The number of ether oxygens (including phenoxy) is 1. The Balaban J connectivity index is 1.69. The van der Waals surface area contributed by atoms with Crippen LogP contribution in [0.1, 0.15) is 35.1 Å². The fourth-order valence-corrected chi connectivity index (χ4v) is 2.67. The molecule has 3 N–H and O–H groups in total. The number of rotatable bonds is 7. The molecule has 29 heavy (non-hydrogen) atoms. The molecule has 0 saturated carbocycles. The van der Waals surface area contributed by atoms with E-state index in [2.05, 4.69) is 16.2 Å². The van der Waals surface area contributed by atoms with E-state index >= 15 is 0 Å². The van der Waals surface area contributed by atoms with Crippen LogP contribution < -0.4 is 20.9 Å². The zero-order valence-electron chi connectivity index (χ0n) is 17.2. The molecule has 154 valence electrons. The minimum absolute atomic E-state index is 0.00747. The van der Waals surface area contributed by atoms with Crippen LogP contribution in [0.3, 0.4) is 0 Å². The first-order chi connectivity index (χ1) is 13.8. The SMILES string of the molecule is Cc1ccc(NC(=O)CCC(=O)NNC(=O)COc2c(C)cccc2C)cc1C. The Bertz CT molecular complexity index is 889. The standard InChI is InChI=1S/C22H27N3O4/c1-14-8-9-18(12-17(14)4)23-19(26)10-11-20(27)24-25-21(28)13-29-22-15(2)6-5-7-16(22)3/h5-9,12H,10-11,13H2,1-4H3,(H,23,26)(H,24,27)(H,25,28). The smallest absolute Gasteiger partial charge is 0.276 e. The first-order valence-electron chi connectivity index (χ1n) is 9.40.